The van der Waals surface area contributed by atoms with Crippen LogP contribution in [-0.4, -0.2) is 15.6 Å². The third kappa shape index (κ3) is 4.34. The van der Waals surface area contributed by atoms with Crippen LogP contribution < -0.4 is 11.3 Å². The van der Waals surface area contributed by atoms with Crippen molar-refractivity contribution in [3.63, 3.8) is 0 Å². The number of hydrogen-bond acceptors (Lipinski definition) is 3. The van der Waals surface area contributed by atoms with Gasteiger partial charge in [0.25, 0.3) is 0 Å². The molecule has 0 saturated carbocycles. The van der Waals surface area contributed by atoms with Crippen LogP contribution in [0.25, 0.3) is 0 Å². The Bertz CT molecular complexity index is 563. The minimum Gasteiger partial charge on any atom is -0.335 e. The highest BCUT2D eigenvalue weighted by Crippen LogP contribution is 2.12. The summed E-state index contributed by atoms with van der Waals surface area (Å²) in [5.74, 6) is 5.33. The molecule has 1 aromatic carbocycles. The van der Waals surface area contributed by atoms with Gasteiger partial charge in [0, 0.05) is 37.5 Å². The van der Waals surface area contributed by atoms with Gasteiger partial charge in [-0.3, -0.25) is 11.3 Å². The fourth-order valence-corrected chi connectivity index (χ4v) is 2.40. The second kappa shape index (κ2) is 7.28. The second-order valence-electron chi connectivity index (χ2n) is 5.09. The van der Waals surface area contributed by atoms with Gasteiger partial charge in [0.05, 0.1) is 0 Å². The molecule has 114 valence electrons. The first-order valence-electron chi connectivity index (χ1n) is 7.03. The maximum atomic E-state index is 13.2. The largest absolute Gasteiger partial charge is 0.335 e. The third-order valence-electron chi connectivity index (χ3n) is 3.34. The Morgan fingerprint density at radius 1 is 1.24 bits per heavy atom. The van der Waals surface area contributed by atoms with E-state index in [1.807, 2.05) is 6.20 Å². The Labute approximate surface area is 123 Å². The lowest BCUT2D eigenvalue weighted by molar-refractivity contribution is 0.491. The summed E-state index contributed by atoms with van der Waals surface area (Å²) in [5, 5.41) is 0. The summed E-state index contributed by atoms with van der Waals surface area (Å²) in [4.78, 5) is 4.32. The van der Waals surface area contributed by atoms with E-state index in [1.165, 1.54) is 12.1 Å². The number of rotatable bonds is 7. The molecule has 1 atom stereocenters. The van der Waals surface area contributed by atoms with Crippen molar-refractivity contribution >= 4 is 0 Å². The summed E-state index contributed by atoms with van der Waals surface area (Å²) < 4.78 is 28.5. The highest BCUT2D eigenvalue weighted by Gasteiger charge is 2.13. The average Bonchev–Trinajstić information content (AvgIpc) is 2.84. The van der Waals surface area contributed by atoms with Crippen molar-refractivity contribution in [2.45, 2.75) is 38.8 Å². The van der Waals surface area contributed by atoms with Gasteiger partial charge in [0.15, 0.2) is 0 Å². The summed E-state index contributed by atoms with van der Waals surface area (Å²) in [6.07, 6.45) is 5.72. The van der Waals surface area contributed by atoms with Crippen LogP contribution in [0.15, 0.2) is 30.6 Å². The molecule has 6 heteroatoms. The highest BCUT2D eigenvalue weighted by molar-refractivity contribution is 5.19. The maximum absolute atomic E-state index is 13.2. The van der Waals surface area contributed by atoms with Crippen LogP contribution in [-0.2, 0) is 19.4 Å². The minimum absolute atomic E-state index is 0.135. The molecule has 2 rings (SSSR count). The van der Waals surface area contributed by atoms with E-state index in [0.717, 1.165) is 24.9 Å². The van der Waals surface area contributed by atoms with Crippen molar-refractivity contribution in [2.75, 3.05) is 0 Å². The van der Waals surface area contributed by atoms with E-state index in [9.17, 15) is 8.78 Å². The predicted octanol–water partition coefficient (Wildman–Crippen LogP) is 2.19. The molecular formula is C15H20F2N4. The van der Waals surface area contributed by atoms with Gasteiger partial charge in [-0.15, -0.1) is 0 Å². The smallest absolute Gasteiger partial charge is 0.126 e. The summed E-state index contributed by atoms with van der Waals surface area (Å²) in [6.45, 7) is 2.99. The molecule has 2 aromatic rings. The van der Waals surface area contributed by atoms with Crippen molar-refractivity contribution in [1.82, 2.24) is 15.0 Å². The van der Waals surface area contributed by atoms with Crippen LogP contribution in [0.5, 0.6) is 0 Å². The van der Waals surface area contributed by atoms with Gasteiger partial charge in [-0.05, 0) is 30.5 Å². The Balaban J connectivity index is 2.07. The van der Waals surface area contributed by atoms with Gasteiger partial charge in [0.1, 0.15) is 17.5 Å². The third-order valence-corrected chi connectivity index (χ3v) is 3.34. The molecule has 1 unspecified atom stereocenters. The van der Waals surface area contributed by atoms with Crippen LogP contribution in [0.2, 0.25) is 0 Å². The SMILES string of the molecule is CCCn1ccnc1CC(Cc1cc(F)cc(F)c1)NN. The summed E-state index contributed by atoms with van der Waals surface area (Å²) in [5.41, 5.74) is 3.27. The molecule has 0 amide bonds. The number of halogens is 2. The Morgan fingerprint density at radius 3 is 2.57 bits per heavy atom. The fourth-order valence-electron chi connectivity index (χ4n) is 2.40. The molecule has 0 aliphatic heterocycles. The van der Waals surface area contributed by atoms with Crippen molar-refractivity contribution in [1.29, 1.82) is 0 Å². The van der Waals surface area contributed by atoms with Gasteiger partial charge in [-0.1, -0.05) is 6.92 Å². The number of aromatic nitrogens is 2. The monoisotopic (exact) mass is 294 g/mol. The van der Waals surface area contributed by atoms with Gasteiger partial charge in [-0.25, -0.2) is 13.8 Å². The zero-order valence-electron chi connectivity index (χ0n) is 12.0. The zero-order chi connectivity index (χ0) is 15.2. The molecule has 0 radical (unpaired) electrons. The molecule has 0 aliphatic carbocycles. The summed E-state index contributed by atoms with van der Waals surface area (Å²) >= 11 is 0. The van der Waals surface area contributed by atoms with Gasteiger partial charge in [-0.2, -0.15) is 0 Å². The van der Waals surface area contributed by atoms with Crippen LogP contribution in [0.1, 0.15) is 24.7 Å². The number of nitrogens with one attached hydrogen (secondary N) is 1. The lowest BCUT2D eigenvalue weighted by Crippen LogP contribution is -2.39. The Hall–Kier alpha value is -1.79. The summed E-state index contributed by atoms with van der Waals surface area (Å²) in [6, 6.07) is 3.38. The standard InChI is InChI=1S/C15H20F2N4/c1-2-4-21-5-3-19-15(21)10-14(20-18)8-11-6-12(16)9-13(17)7-11/h3,5-7,9,14,20H,2,4,8,10,18H2,1H3. The van der Waals surface area contributed by atoms with E-state index < -0.39 is 11.6 Å². The van der Waals surface area contributed by atoms with Crippen LogP contribution in [0.3, 0.4) is 0 Å². The van der Waals surface area contributed by atoms with E-state index in [4.69, 9.17) is 5.84 Å². The number of nitrogens with zero attached hydrogens (tertiary/aromatic N) is 2. The lowest BCUT2D eigenvalue weighted by Gasteiger charge is -2.16. The van der Waals surface area contributed by atoms with Crippen LogP contribution >= 0.6 is 0 Å². The fraction of sp³-hybridized carbons (Fsp3) is 0.400. The predicted molar refractivity (Wildman–Crippen MR) is 77.4 cm³/mol. The molecule has 21 heavy (non-hydrogen) atoms. The Morgan fingerprint density at radius 2 is 1.95 bits per heavy atom. The zero-order valence-corrected chi connectivity index (χ0v) is 12.0. The summed E-state index contributed by atoms with van der Waals surface area (Å²) in [7, 11) is 0. The molecule has 0 aliphatic rings. The topological polar surface area (TPSA) is 55.9 Å². The van der Waals surface area contributed by atoms with Crippen LogP contribution in [0.4, 0.5) is 8.78 Å². The van der Waals surface area contributed by atoms with Crippen molar-refractivity contribution in [2.24, 2.45) is 5.84 Å². The number of imidazole rings is 1. The minimum atomic E-state index is -0.576. The average molecular weight is 294 g/mol. The maximum Gasteiger partial charge on any atom is 0.126 e. The molecule has 0 fully saturated rings. The molecule has 3 N–H and O–H groups in total. The first-order valence-corrected chi connectivity index (χ1v) is 7.03. The first-order chi connectivity index (χ1) is 10.1. The van der Waals surface area contributed by atoms with Crippen molar-refractivity contribution in [3.05, 3.63) is 53.6 Å². The molecule has 0 saturated heterocycles. The van der Waals surface area contributed by atoms with Crippen LogP contribution in [0, 0.1) is 11.6 Å². The van der Waals surface area contributed by atoms with Crippen molar-refractivity contribution < 1.29 is 8.78 Å². The van der Waals surface area contributed by atoms with E-state index in [1.54, 1.807) is 6.20 Å². The molecule has 1 heterocycles. The Kier molecular flexibility index (Phi) is 5.41. The van der Waals surface area contributed by atoms with Gasteiger partial charge in [0.2, 0.25) is 0 Å². The molecule has 0 spiro atoms. The van der Waals surface area contributed by atoms with E-state index in [2.05, 4.69) is 21.9 Å². The number of hydrazine groups is 1. The van der Waals surface area contributed by atoms with E-state index in [0.29, 0.717) is 18.4 Å². The molecule has 4 nitrogen and oxygen atoms in total. The number of nitrogens with two attached hydrogens (primary N) is 1. The number of benzene rings is 1. The number of hydrogen-bond donors (Lipinski definition) is 2. The quantitative estimate of drug-likeness (QED) is 0.608. The molecular weight excluding hydrogens is 274 g/mol. The second-order valence-corrected chi connectivity index (χ2v) is 5.09. The molecule has 1 aromatic heterocycles. The molecule has 0 bridgehead atoms. The highest BCUT2D eigenvalue weighted by atomic mass is 19.1. The van der Waals surface area contributed by atoms with Gasteiger partial charge >= 0.3 is 0 Å². The van der Waals surface area contributed by atoms with E-state index >= 15 is 0 Å². The van der Waals surface area contributed by atoms with Gasteiger partial charge < -0.3 is 4.57 Å². The normalized spacial score (nSPS) is 12.6. The van der Waals surface area contributed by atoms with E-state index in [-0.39, 0.29) is 6.04 Å². The lowest BCUT2D eigenvalue weighted by atomic mass is 10.0. The number of aryl methyl sites for hydroxylation is 1. The van der Waals surface area contributed by atoms with Crippen molar-refractivity contribution in [3.8, 4) is 0 Å². The first kappa shape index (κ1) is 15.6.